The molecule has 98 valence electrons. The summed E-state index contributed by atoms with van der Waals surface area (Å²) in [6.07, 6.45) is 2.63. The first-order valence-electron chi connectivity index (χ1n) is 6.76. The third kappa shape index (κ3) is 10.7. The average Bonchev–Trinajstić information content (AvgIpc) is 2.07. The van der Waals surface area contributed by atoms with Crippen LogP contribution in [0.3, 0.4) is 0 Å². The Hall–Kier alpha value is 0.177. The lowest BCUT2D eigenvalue weighted by Gasteiger charge is -2.25. The van der Waals surface area contributed by atoms with Gasteiger partial charge in [0.2, 0.25) is 0 Å². The summed E-state index contributed by atoms with van der Waals surface area (Å²) in [5.41, 5.74) is 0.925. The van der Waals surface area contributed by atoms with Crippen LogP contribution in [0.25, 0.3) is 0 Å². The molecule has 0 radical (unpaired) electrons. The van der Waals surface area contributed by atoms with Crippen LogP contribution in [0.4, 0.5) is 0 Å². The first-order valence-corrected chi connectivity index (χ1v) is 8.86. The molecule has 0 aliphatic heterocycles. The van der Waals surface area contributed by atoms with Crippen molar-refractivity contribution in [2.75, 3.05) is 6.61 Å². The average molecular weight is 244 g/mol. The van der Waals surface area contributed by atoms with E-state index in [1.807, 2.05) is 0 Å². The van der Waals surface area contributed by atoms with Crippen molar-refractivity contribution in [3.05, 3.63) is 0 Å². The second kappa shape index (κ2) is 6.80. The van der Waals surface area contributed by atoms with Crippen molar-refractivity contribution in [2.24, 2.45) is 10.8 Å². The van der Waals surface area contributed by atoms with Gasteiger partial charge in [-0.1, -0.05) is 41.5 Å². The standard InChI is InChI=1S/C14H32OSi/c1-8-15-16(11-9-13(2,3)4)12-10-14(5,6)7/h16H,8-12H2,1-7H3. The van der Waals surface area contributed by atoms with E-state index >= 15 is 0 Å². The summed E-state index contributed by atoms with van der Waals surface area (Å²) >= 11 is 0. The molecule has 0 spiro atoms. The van der Waals surface area contributed by atoms with Crippen molar-refractivity contribution in [2.45, 2.75) is 73.4 Å². The predicted octanol–water partition coefficient (Wildman–Crippen LogP) is 4.62. The summed E-state index contributed by atoms with van der Waals surface area (Å²) < 4.78 is 5.97. The zero-order valence-corrected chi connectivity index (χ0v) is 13.7. The third-order valence-corrected chi connectivity index (χ3v) is 5.50. The molecule has 0 fully saturated rings. The first kappa shape index (κ1) is 16.2. The minimum atomic E-state index is -0.933. The minimum Gasteiger partial charge on any atom is -0.420 e. The highest BCUT2D eigenvalue weighted by Crippen LogP contribution is 2.27. The molecule has 0 aromatic heterocycles. The van der Waals surface area contributed by atoms with Crippen molar-refractivity contribution >= 4 is 9.04 Å². The van der Waals surface area contributed by atoms with Gasteiger partial charge < -0.3 is 4.43 Å². The Morgan fingerprint density at radius 3 is 1.44 bits per heavy atom. The summed E-state index contributed by atoms with van der Waals surface area (Å²) in [4.78, 5) is 0. The second-order valence-corrected chi connectivity index (χ2v) is 10.0. The normalized spacial score (nSPS) is 13.5. The van der Waals surface area contributed by atoms with Crippen LogP contribution in [0.15, 0.2) is 0 Å². The fourth-order valence-corrected chi connectivity index (χ4v) is 5.20. The van der Waals surface area contributed by atoms with Gasteiger partial charge in [0.25, 0.3) is 0 Å². The number of hydrogen-bond acceptors (Lipinski definition) is 1. The van der Waals surface area contributed by atoms with Crippen LogP contribution in [0.5, 0.6) is 0 Å². The summed E-state index contributed by atoms with van der Waals surface area (Å²) in [5, 5.41) is 0. The quantitative estimate of drug-likeness (QED) is 0.620. The van der Waals surface area contributed by atoms with Gasteiger partial charge in [0.15, 0.2) is 9.04 Å². The molecule has 0 unspecified atom stereocenters. The molecule has 1 nitrogen and oxygen atoms in total. The van der Waals surface area contributed by atoms with Crippen molar-refractivity contribution in [1.29, 1.82) is 0 Å². The molecule has 16 heavy (non-hydrogen) atoms. The molecule has 0 aliphatic carbocycles. The van der Waals surface area contributed by atoms with Crippen molar-refractivity contribution in [3.63, 3.8) is 0 Å². The maximum Gasteiger partial charge on any atom is 0.176 e. The molecular formula is C14H32OSi. The maximum absolute atomic E-state index is 5.97. The largest absolute Gasteiger partial charge is 0.420 e. The highest BCUT2D eigenvalue weighted by molar-refractivity contribution is 6.51. The lowest BCUT2D eigenvalue weighted by atomic mass is 9.93. The molecule has 0 aromatic rings. The Balaban J connectivity index is 3.98. The highest BCUT2D eigenvalue weighted by atomic mass is 28.3. The zero-order chi connectivity index (χ0) is 12.8. The Kier molecular flexibility index (Phi) is 6.88. The molecule has 0 bridgehead atoms. The van der Waals surface area contributed by atoms with Gasteiger partial charge in [0.1, 0.15) is 0 Å². The van der Waals surface area contributed by atoms with E-state index in [-0.39, 0.29) is 0 Å². The molecule has 0 aromatic carbocycles. The van der Waals surface area contributed by atoms with Gasteiger partial charge in [0.05, 0.1) is 0 Å². The van der Waals surface area contributed by atoms with E-state index in [0.717, 1.165) is 6.61 Å². The lowest BCUT2D eigenvalue weighted by Crippen LogP contribution is -2.22. The number of rotatable bonds is 6. The van der Waals surface area contributed by atoms with Crippen LogP contribution < -0.4 is 0 Å². The van der Waals surface area contributed by atoms with E-state index in [0.29, 0.717) is 10.8 Å². The van der Waals surface area contributed by atoms with E-state index in [2.05, 4.69) is 48.5 Å². The number of hydrogen-bond donors (Lipinski definition) is 0. The van der Waals surface area contributed by atoms with Crippen LogP contribution in [-0.4, -0.2) is 15.6 Å². The van der Waals surface area contributed by atoms with E-state index < -0.39 is 9.04 Å². The van der Waals surface area contributed by atoms with Crippen LogP contribution in [-0.2, 0) is 4.43 Å². The summed E-state index contributed by atoms with van der Waals surface area (Å²) in [5.74, 6) is 0. The SMILES string of the molecule is CCO[SiH](CCC(C)(C)C)CCC(C)(C)C. The second-order valence-electron chi connectivity index (χ2n) is 7.28. The van der Waals surface area contributed by atoms with E-state index in [1.54, 1.807) is 0 Å². The van der Waals surface area contributed by atoms with Gasteiger partial charge in [-0.3, -0.25) is 0 Å². The van der Waals surface area contributed by atoms with E-state index in [1.165, 1.54) is 24.9 Å². The Bertz CT molecular complexity index is 158. The fraction of sp³-hybridized carbons (Fsp3) is 1.00. The molecule has 0 N–H and O–H groups in total. The molecule has 0 aliphatic rings. The molecule has 2 heteroatoms. The predicted molar refractivity (Wildman–Crippen MR) is 76.5 cm³/mol. The van der Waals surface area contributed by atoms with E-state index in [4.69, 9.17) is 4.43 Å². The minimum absolute atomic E-state index is 0.462. The van der Waals surface area contributed by atoms with Crippen LogP contribution in [0.1, 0.15) is 61.3 Å². The van der Waals surface area contributed by atoms with Crippen LogP contribution in [0, 0.1) is 10.8 Å². The maximum atomic E-state index is 5.97. The van der Waals surface area contributed by atoms with Crippen molar-refractivity contribution < 1.29 is 4.43 Å². The van der Waals surface area contributed by atoms with Crippen molar-refractivity contribution in [1.82, 2.24) is 0 Å². The zero-order valence-electron chi connectivity index (χ0n) is 12.5. The van der Waals surface area contributed by atoms with Gasteiger partial charge in [0, 0.05) is 6.61 Å². The van der Waals surface area contributed by atoms with Gasteiger partial charge in [-0.2, -0.15) is 0 Å². The monoisotopic (exact) mass is 244 g/mol. The van der Waals surface area contributed by atoms with Gasteiger partial charge in [-0.25, -0.2) is 0 Å². The highest BCUT2D eigenvalue weighted by Gasteiger charge is 2.20. The topological polar surface area (TPSA) is 9.23 Å². The third-order valence-electron chi connectivity index (χ3n) is 2.83. The Morgan fingerprint density at radius 1 is 0.812 bits per heavy atom. The summed E-state index contributed by atoms with van der Waals surface area (Å²) in [6.45, 7) is 17.0. The molecule has 0 saturated heterocycles. The molecule has 0 heterocycles. The molecule has 0 atom stereocenters. The summed E-state index contributed by atoms with van der Waals surface area (Å²) in [6, 6.07) is 2.68. The van der Waals surface area contributed by atoms with Gasteiger partial charge >= 0.3 is 0 Å². The van der Waals surface area contributed by atoms with Crippen molar-refractivity contribution in [3.8, 4) is 0 Å². The van der Waals surface area contributed by atoms with Crippen LogP contribution >= 0.6 is 0 Å². The van der Waals surface area contributed by atoms with E-state index in [9.17, 15) is 0 Å². The summed E-state index contributed by atoms with van der Waals surface area (Å²) in [7, 11) is -0.933. The smallest absolute Gasteiger partial charge is 0.176 e. The van der Waals surface area contributed by atoms with Crippen LogP contribution in [0.2, 0.25) is 12.1 Å². The Labute approximate surface area is 105 Å². The van der Waals surface area contributed by atoms with Gasteiger partial charge in [-0.05, 0) is 42.7 Å². The van der Waals surface area contributed by atoms with Gasteiger partial charge in [-0.15, -0.1) is 0 Å². The Morgan fingerprint density at radius 2 is 1.19 bits per heavy atom. The molecule has 0 rings (SSSR count). The molecular weight excluding hydrogens is 212 g/mol. The molecule has 0 saturated carbocycles. The molecule has 0 amide bonds. The lowest BCUT2D eigenvalue weighted by molar-refractivity contribution is 0.316. The first-order chi connectivity index (χ1) is 7.14. The fourth-order valence-electron chi connectivity index (χ4n) is 1.73.